The number of piperazine rings is 1. The number of halogens is 1. The van der Waals surface area contributed by atoms with E-state index in [9.17, 15) is 4.79 Å². The zero-order valence-electron chi connectivity index (χ0n) is 12.3. The second kappa shape index (κ2) is 6.75. The third-order valence-electron chi connectivity index (χ3n) is 3.72. The van der Waals surface area contributed by atoms with Crippen molar-refractivity contribution in [3.8, 4) is 6.07 Å². The van der Waals surface area contributed by atoms with Crippen LogP contribution in [-0.4, -0.2) is 47.0 Å². The number of aromatic nitrogens is 2. The molecule has 1 aliphatic heterocycles. The van der Waals surface area contributed by atoms with Gasteiger partial charge in [0.25, 0.3) is 5.91 Å². The van der Waals surface area contributed by atoms with Crippen molar-refractivity contribution in [2.45, 2.75) is 0 Å². The Bertz CT molecular complexity index is 765. The van der Waals surface area contributed by atoms with Crippen LogP contribution in [0.5, 0.6) is 0 Å². The monoisotopic (exact) mass is 371 g/mol. The third kappa shape index (κ3) is 3.48. The molecule has 0 radical (unpaired) electrons. The molecule has 0 N–H and O–H groups in total. The fourth-order valence-electron chi connectivity index (χ4n) is 2.51. The zero-order valence-corrected chi connectivity index (χ0v) is 13.9. The van der Waals surface area contributed by atoms with Gasteiger partial charge in [0.1, 0.15) is 5.82 Å². The van der Waals surface area contributed by atoms with Crippen molar-refractivity contribution in [2.75, 3.05) is 31.1 Å². The van der Waals surface area contributed by atoms with Gasteiger partial charge < -0.3 is 9.80 Å². The summed E-state index contributed by atoms with van der Waals surface area (Å²) >= 11 is 3.33. The molecule has 1 aliphatic rings. The summed E-state index contributed by atoms with van der Waals surface area (Å²) in [6.45, 7) is 2.61. The van der Waals surface area contributed by atoms with Crippen molar-refractivity contribution in [3.05, 3.63) is 52.4 Å². The minimum absolute atomic E-state index is 0.0165. The quantitative estimate of drug-likeness (QED) is 0.807. The van der Waals surface area contributed by atoms with Crippen molar-refractivity contribution in [1.82, 2.24) is 14.9 Å². The Morgan fingerprint density at radius 1 is 1.22 bits per heavy atom. The summed E-state index contributed by atoms with van der Waals surface area (Å²) in [5.74, 6) is 0.762. The second-order valence-corrected chi connectivity index (χ2v) is 6.10. The maximum absolute atomic E-state index is 12.5. The van der Waals surface area contributed by atoms with Gasteiger partial charge in [-0.3, -0.25) is 9.78 Å². The highest BCUT2D eigenvalue weighted by atomic mass is 79.9. The molecule has 1 saturated heterocycles. The first kappa shape index (κ1) is 15.4. The van der Waals surface area contributed by atoms with Crippen LogP contribution in [0.4, 0.5) is 5.82 Å². The van der Waals surface area contributed by atoms with Gasteiger partial charge in [0.2, 0.25) is 0 Å². The topological polar surface area (TPSA) is 73.1 Å². The second-order valence-electron chi connectivity index (χ2n) is 5.19. The van der Waals surface area contributed by atoms with Crippen LogP contribution in [-0.2, 0) is 0 Å². The molecule has 0 spiro atoms. The van der Waals surface area contributed by atoms with Crippen LogP contribution >= 0.6 is 15.9 Å². The molecule has 3 rings (SSSR count). The molecule has 7 heteroatoms. The van der Waals surface area contributed by atoms with Crippen molar-refractivity contribution < 1.29 is 4.79 Å². The van der Waals surface area contributed by atoms with Gasteiger partial charge >= 0.3 is 0 Å². The van der Waals surface area contributed by atoms with Gasteiger partial charge in [-0.25, -0.2) is 4.98 Å². The highest BCUT2D eigenvalue weighted by Gasteiger charge is 2.23. The number of rotatable bonds is 2. The Balaban J connectivity index is 1.66. The molecule has 116 valence electrons. The van der Waals surface area contributed by atoms with Gasteiger partial charge in [0.05, 0.1) is 17.2 Å². The van der Waals surface area contributed by atoms with Crippen LogP contribution in [0.15, 0.2) is 41.3 Å². The molecule has 0 atom stereocenters. The molecule has 1 amide bonds. The van der Waals surface area contributed by atoms with Crippen LogP contribution in [0.1, 0.15) is 15.9 Å². The molecule has 0 unspecified atom stereocenters. The highest BCUT2D eigenvalue weighted by molar-refractivity contribution is 9.10. The standard InChI is InChI=1S/C16H14BrN5O/c17-14-8-13(10-19-11-14)16(23)22-5-3-21(4-6-22)15-7-12(9-18)1-2-20-15/h1-2,7-8,10-11H,3-6H2. The molecule has 2 aromatic rings. The van der Waals surface area contributed by atoms with Crippen molar-refractivity contribution in [3.63, 3.8) is 0 Å². The zero-order chi connectivity index (χ0) is 16.2. The highest BCUT2D eigenvalue weighted by Crippen LogP contribution is 2.17. The number of hydrogen-bond acceptors (Lipinski definition) is 5. The van der Waals surface area contributed by atoms with Crippen molar-refractivity contribution in [1.29, 1.82) is 5.26 Å². The van der Waals surface area contributed by atoms with E-state index in [0.717, 1.165) is 10.3 Å². The van der Waals surface area contributed by atoms with E-state index < -0.39 is 0 Å². The molecule has 6 nitrogen and oxygen atoms in total. The molecular formula is C16H14BrN5O. The molecule has 3 heterocycles. The normalized spacial score (nSPS) is 14.4. The number of amides is 1. The number of carbonyl (C=O) groups is 1. The lowest BCUT2D eigenvalue weighted by atomic mass is 10.2. The summed E-state index contributed by atoms with van der Waals surface area (Å²) < 4.78 is 0.791. The van der Waals surface area contributed by atoms with Gasteiger partial charge in [-0.05, 0) is 34.1 Å². The number of hydrogen-bond donors (Lipinski definition) is 0. The van der Waals surface area contributed by atoms with Crippen LogP contribution in [0.25, 0.3) is 0 Å². The molecule has 23 heavy (non-hydrogen) atoms. The minimum Gasteiger partial charge on any atom is -0.353 e. The molecule has 0 saturated carbocycles. The van der Waals surface area contributed by atoms with Crippen LogP contribution < -0.4 is 4.90 Å². The largest absolute Gasteiger partial charge is 0.353 e. The summed E-state index contributed by atoms with van der Waals surface area (Å²) in [6.07, 6.45) is 4.87. The maximum atomic E-state index is 12.5. The van der Waals surface area contributed by atoms with Crippen LogP contribution in [0.2, 0.25) is 0 Å². The van der Waals surface area contributed by atoms with Gasteiger partial charge in [-0.2, -0.15) is 5.26 Å². The predicted molar refractivity (Wildman–Crippen MR) is 89.0 cm³/mol. The molecule has 0 aromatic carbocycles. The summed E-state index contributed by atoms with van der Waals surface area (Å²) in [7, 11) is 0. The molecule has 2 aromatic heterocycles. The first-order valence-corrected chi connectivity index (χ1v) is 7.97. The number of carbonyl (C=O) groups excluding carboxylic acids is 1. The molecule has 0 aliphatic carbocycles. The Kier molecular flexibility index (Phi) is 4.53. The van der Waals surface area contributed by atoms with E-state index in [0.29, 0.717) is 37.3 Å². The van der Waals surface area contributed by atoms with E-state index >= 15 is 0 Å². The summed E-state index contributed by atoms with van der Waals surface area (Å²) in [5.41, 5.74) is 1.17. The Morgan fingerprint density at radius 3 is 2.70 bits per heavy atom. The molecule has 0 bridgehead atoms. The van der Waals surface area contributed by atoms with Crippen LogP contribution in [0.3, 0.4) is 0 Å². The van der Waals surface area contributed by atoms with Crippen LogP contribution in [0, 0.1) is 11.3 Å². The Hall–Kier alpha value is -2.46. The number of anilines is 1. The summed E-state index contributed by atoms with van der Waals surface area (Å²) in [5, 5.41) is 8.96. The average molecular weight is 372 g/mol. The molecular weight excluding hydrogens is 358 g/mol. The SMILES string of the molecule is N#Cc1ccnc(N2CCN(C(=O)c3cncc(Br)c3)CC2)c1. The van der Waals surface area contributed by atoms with E-state index in [2.05, 4.69) is 36.9 Å². The lowest BCUT2D eigenvalue weighted by molar-refractivity contribution is 0.0746. The lowest BCUT2D eigenvalue weighted by Gasteiger charge is -2.35. The number of pyridine rings is 2. The maximum Gasteiger partial charge on any atom is 0.255 e. The fraction of sp³-hybridized carbons (Fsp3) is 0.250. The minimum atomic E-state index is -0.0165. The average Bonchev–Trinajstić information content (AvgIpc) is 2.61. The lowest BCUT2D eigenvalue weighted by Crippen LogP contribution is -2.49. The van der Waals surface area contributed by atoms with Gasteiger partial charge in [-0.1, -0.05) is 0 Å². The molecule has 1 fully saturated rings. The number of nitriles is 1. The third-order valence-corrected chi connectivity index (χ3v) is 4.15. The van der Waals surface area contributed by atoms with Gasteiger partial charge in [0, 0.05) is 49.2 Å². The predicted octanol–water partition coefficient (Wildman–Crippen LogP) is 2.07. The first-order valence-electron chi connectivity index (χ1n) is 7.18. The summed E-state index contributed by atoms with van der Waals surface area (Å²) in [4.78, 5) is 24.7. The first-order chi connectivity index (χ1) is 11.2. The van der Waals surface area contributed by atoms with Gasteiger partial charge in [0.15, 0.2) is 0 Å². The van der Waals surface area contributed by atoms with Crippen molar-refractivity contribution >= 4 is 27.7 Å². The summed E-state index contributed by atoms with van der Waals surface area (Å²) in [6, 6.07) is 7.35. The van der Waals surface area contributed by atoms with E-state index in [4.69, 9.17) is 5.26 Å². The van der Waals surface area contributed by atoms with E-state index in [1.807, 2.05) is 4.90 Å². The number of nitrogens with zero attached hydrogens (tertiary/aromatic N) is 5. The Labute approximate surface area is 142 Å². The van der Waals surface area contributed by atoms with E-state index in [1.54, 1.807) is 36.8 Å². The smallest absolute Gasteiger partial charge is 0.255 e. The van der Waals surface area contributed by atoms with Crippen molar-refractivity contribution in [2.24, 2.45) is 0 Å². The van der Waals surface area contributed by atoms with E-state index in [1.165, 1.54) is 0 Å². The van der Waals surface area contributed by atoms with E-state index in [-0.39, 0.29) is 5.91 Å². The van der Waals surface area contributed by atoms with Gasteiger partial charge in [-0.15, -0.1) is 0 Å². The fourth-order valence-corrected chi connectivity index (χ4v) is 2.88. The Morgan fingerprint density at radius 2 is 2.00 bits per heavy atom.